The van der Waals surface area contributed by atoms with E-state index in [0.717, 1.165) is 17.1 Å². The quantitative estimate of drug-likeness (QED) is 0.732. The van der Waals surface area contributed by atoms with Crippen molar-refractivity contribution < 1.29 is 9.53 Å². The monoisotopic (exact) mass is 257 g/mol. The van der Waals surface area contributed by atoms with Gasteiger partial charge in [0, 0.05) is 23.1 Å². The molecule has 1 amide bonds. The smallest absolute Gasteiger partial charge is 0.250 e. The van der Waals surface area contributed by atoms with Gasteiger partial charge in [0.2, 0.25) is 0 Å². The molecule has 0 saturated heterocycles. The topological polar surface area (TPSA) is 90.4 Å². The highest BCUT2D eigenvalue weighted by atomic mass is 16.5. The highest BCUT2D eigenvalue weighted by Crippen LogP contribution is 2.23. The molecular weight excluding hydrogens is 242 g/mol. The SMILES string of the molecule is COc1cccc(Nc2ccc(N)c(C(N)=O)c2)c1. The van der Waals surface area contributed by atoms with E-state index in [0.29, 0.717) is 11.3 Å². The largest absolute Gasteiger partial charge is 0.497 e. The minimum atomic E-state index is -0.549. The summed E-state index contributed by atoms with van der Waals surface area (Å²) in [6.07, 6.45) is 0. The minimum Gasteiger partial charge on any atom is -0.497 e. The van der Waals surface area contributed by atoms with Gasteiger partial charge in [-0.1, -0.05) is 6.07 Å². The van der Waals surface area contributed by atoms with E-state index in [1.165, 1.54) is 0 Å². The van der Waals surface area contributed by atoms with E-state index in [2.05, 4.69) is 5.32 Å². The van der Waals surface area contributed by atoms with Gasteiger partial charge in [0.25, 0.3) is 5.91 Å². The maximum atomic E-state index is 11.2. The molecule has 19 heavy (non-hydrogen) atoms. The number of anilines is 3. The molecule has 0 radical (unpaired) electrons. The van der Waals surface area contributed by atoms with Gasteiger partial charge in [-0.05, 0) is 30.3 Å². The van der Waals surface area contributed by atoms with Crippen LogP contribution in [0.5, 0.6) is 5.75 Å². The van der Waals surface area contributed by atoms with Crippen LogP contribution in [0.3, 0.4) is 0 Å². The number of carbonyl (C=O) groups is 1. The summed E-state index contributed by atoms with van der Waals surface area (Å²) < 4.78 is 5.14. The molecule has 0 fully saturated rings. The first-order chi connectivity index (χ1) is 9.10. The van der Waals surface area contributed by atoms with Crippen molar-refractivity contribution in [3.05, 3.63) is 48.0 Å². The van der Waals surface area contributed by atoms with Crippen molar-refractivity contribution in [3.8, 4) is 5.75 Å². The first-order valence-electron chi connectivity index (χ1n) is 5.70. The Morgan fingerprint density at radius 3 is 2.58 bits per heavy atom. The molecule has 0 bridgehead atoms. The number of ether oxygens (including phenoxy) is 1. The predicted octanol–water partition coefficient (Wildman–Crippen LogP) is 2.12. The van der Waals surface area contributed by atoms with E-state index < -0.39 is 5.91 Å². The second kappa shape index (κ2) is 5.30. The number of methoxy groups -OCH3 is 1. The summed E-state index contributed by atoms with van der Waals surface area (Å²) in [5.74, 6) is 0.197. The number of carbonyl (C=O) groups excluding carboxylic acids is 1. The number of benzene rings is 2. The van der Waals surface area contributed by atoms with Crippen LogP contribution in [-0.2, 0) is 0 Å². The molecular formula is C14H15N3O2. The Balaban J connectivity index is 2.28. The standard InChI is InChI=1S/C14H15N3O2/c1-19-11-4-2-3-9(7-11)17-10-5-6-13(15)12(8-10)14(16)18/h2-8,17H,15H2,1H3,(H2,16,18). The Hall–Kier alpha value is -2.69. The van der Waals surface area contributed by atoms with Crippen LogP contribution in [0.2, 0.25) is 0 Å². The number of rotatable bonds is 4. The highest BCUT2D eigenvalue weighted by Gasteiger charge is 2.07. The molecule has 5 N–H and O–H groups in total. The van der Waals surface area contributed by atoms with Crippen molar-refractivity contribution >= 4 is 23.0 Å². The van der Waals surface area contributed by atoms with E-state index in [9.17, 15) is 4.79 Å². The van der Waals surface area contributed by atoms with Crippen molar-refractivity contribution in [1.29, 1.82) is 0 Å². The highest BCUT2D eigenvalue weighted by molar-refractivity contribution is 5.99. The van der Waals surface area contributed by atoms with E-state index >= 15 is 0 Å². The fourth-order valence-electron chi connectivity index (χ4n) is 1.71. The molecule has 0 aromatic heterocycles. The first-order valence-corrected chi connectivity index (χ1v) is 5.70. The molecule has 2 rings (SSSR count). The van der Waals surface area contributed by atoms with Gasteiger partial charge in [-0.2, -0.15) is 0 Å². The summed E-state index contributed by atoms with van der Waals surface area (Å²) in [6, 6.07) is 12.5. The van der Waals surface area contributed by atoms with Crippen molar-refractivity contribution in [1.82, 2.24) is 0 Å². The number of nitrogens with one attached hydrogen (secondary N) is 1. The summed E-state index contributed by atoms with van der Waals surface area (Å²) in [5, 5.41) is 3.16. The van der Waals surface area contributed by atoms with E-state index in [1.807, 2.05) is 24.3 Å². The molecule has 2 aromatic rings. The summed E-state index contributed by atoms with van der Waals surface area (Å²) in [4.78, 5) is 11.2. The molecule has 0 heterocycles. The number of nitrogen functional groups attached to an aromatic ring is 1. The van der Waals surface area contributed by atoms with Gasteiger partial charge in [0.1, 0.15) is 5.75 Å². The second-order valence-corrected chi connectivity index (χ2v) is 4.02. The number of hydrogen-bond acceptors (Lipinski definition) is 4. The van der Waals surface area contributed by atoms with Crippen molar-refractivity contribution in [3.63, 3.8) is 0 Å². The van der Waals surface area contributed by atoms with Crippen LogP contribution in [0.15, 0.2) is 42.5 Å². The lowest BCUT2D eigenvalue weighted by atomic mass is 10.1. The molecule has 2 aromatic carbocycles. The molecule has 0 unspecified atom stereocenters. The summed E-state index contributed by atoms with van der Waals surface area (Å²) in [5.41, 5.74) is 13.2. The van der Waals surface area contributed by atoms with Crippen molar-refractivity contribution in [2.24, 2.45) is 5.73 Å². The van der Waals surface area contributed by atoms with Gasteiger partial charge in [-0.25, -0.2) is 0 Å². The Kier molecular flexibility index (Phi) is 3.56. The summed E-state index contributed by atoms with van der Waals surface area (Å²) >= 11 is 0. The van der Waals surface area contributed by atoms with Crippen molar-refractivity contribution in [2.45, 2.75) is 0 Å². The zero-order valence-electron chi connectivity index (χ0n) is 10.5. The van der Waals surface area contributed by atoms with Gasteiger partial charge in [-0.15, -0.1) is 0 Å². The number of nitrogens with two attached hydrogens (primary N) is 2. The zero-order chi connectivity index (χ0) is 13.8. The third-order valence-electron chi connectivity index (χ3n) is 2.68. The number of primary amides is 1. The van der Waals surface area contributed by atoms with Crippen molar-refractivity contribution in [2.75, 3.05) is 18.2 Å². The normalized spacial score (nSPS) is 9.95. The van der Waals surface area contributed by atoms with Gasteiger partial charge in [-0.3, -0.25) is 4.79 Å². The van der Waals surface area contributed by atoms with Gasteiger partial charge >= 0.3 is 0 Å². The fourth-order valence-corrected chi connectivity index (χ4v) is 1.71. The van der Waals surface area contributed by atoms with Gasteiger partial charge in [0.05, 0.1) is 12.7 Å². The predicted molar refractivity (Wildman–Crippen MR) is 75.6 cm³/mol. The molecule has 0 aliphatic carbocycles. The Morgan fingerprint density at radius 1 is 1.16 bits per heavy atom. The first kappa shape index (κ1) is 12.8. The van der Waals surface area contributed by atoms with E-state index in [-0.39, 0.29) is 0 Å². The van der Waals surface area contributed by atoms with Crippen LogP contribution < -0.4 is 21.5 Å². The Bertz CT molecular complexity index is 611. The maximum absolute atomic E-state index is 11.2. The minimum absolute atomic E-state index is 0.299. The molecule has 0 aliphatic rings. The molecule has 5 nitrogen and oxygen atoms in total. The van der Waals surface area contributed by atoms with E-state index in [1.54, 1.807) is 25.3 Å². The molecule has 0 saturated carbocycles. The molecule has 0 spiro atoms. The molecule has 0 aliphatic heterocycles. The molecule has 0 atom stereocenters. The van der Waals surface area contributed by atoms with Crippen LogP contribution in [0.4, 0.5) is 17.1 Å². The lowest BCUT2D eigenvalue weighted by Crippen LogP contribution is -2.13. The van der Waals surface area contributed by atoms with Gasteiger partial charge in [0.15, 0.2) is 0 Å². The van der Waals surface area contributed by atoms with Crippen LogP contribution >= 0.6 is 0 Å². The molecule has 5 heteroatoms. The Morgan fingerprint density at radius 2 is 1.89 bits per heavy atom. The van der Waals surface area contributed by atoms with Crippen LogP contribution in [0, 0.1) is 0 Å². The lowest BCUT2D eigenvalue weighted by molar-refractivity contribution is 0.100. The third kappa shape index (κ3) is 2.95. The second-order valence-electron chi connectivity index (χ2n) is 4.02. The van der Waals surface area contributed by atoms with Crippen LogP contribution in [-0.4, -0.2) is 13.0 Å². The average molecular weight is 257 g/mol. The third-order valence-corrected chi connectivity index (χ3v) is 2.68. The number of hydrogen-bond donors (Lipinski definition) is 3. The molecule has 98 valence electrons. The average Bonchev–Trinajstić information content (AvgIpc) is 2.41. The van der Waals surface area contributed by atoms with Crippen LogP contribution in [0.25, 0.3) is 0 Å². The van der Waals surface area contributed by atoms with Crippen LogP contribution in [0.1, 0.15) is 10.4 Å². The van der Waals surface area contributed by atoms with Gasteiger partial charge < -0.3 is 21.5 Å². The zero-order valence-corrected chi connectivity index (χ0v) is 10.5. The summed E-state index contributed by atoms with van der Waals surface area (Å²) in [6.45, 7) is 0. The fraction of sp³-hybridized carbons (Fsp3) is 0.0714. The summed E-state index contributed by atoms with van der Waals surface area (Å²) in [7, 11) is 1.60. The maximum Gasteiger partial charge on any atom is 0.250 e. The van der Waals surface area contributed by atoms with E-state index in [4.69, 9.17) is 16.2 Å². The lowest BCUT2D eigenvalue weighted by Gasteiger charge is -2.10. The number of amides is 1. The Labute approximate surface area is 111 Å².